The molecule has 2 aromatic rings. The standard InChI is InChI=1S/C18H18ClN3O2/c1-12-10-13(5-7-17(23)22(2)3)4-6-15(12)24-16-8-9-21-18(19)14(16)11-20/h4,6,8-10H,5,7H2,1-3H3. The van der Waals surface area contributed by atoms with Crippen molar-refractivity contribution >= 4 is 17.5 Å². The van der Waals surface area contributed by atoms with Gasteiger partial charge < -0.3 is 9.64 Å². The summed E-state index contributed by atoms with van der Waals surface area (Å²) in [5.74, 6) is 1.10. The van der Waals surface area contributed by atoms with Crippen molar-refractivity contribution < 1.29 is 9.53 Å². The Kier molecular flexibility index (Phi) is 5.78. The van der Waals surface area contributed by atoms with Crippen LogP contribution in [0.5, 0.6) is 11.5 Å². The molecule has 0 atom stereocenters. The van der Waals surface area contributed by atoms with Gasteiger partial charge in [-0.2, -0.15) is 5.26 Å². The van der Waals surface area contributed by atoms with Gasteiger partial charge in [0.2, 0.25) is 5.91 Å². The van der Waals surface area contributed by atoms with Crippen molar-refractivity contribution in [2.24, 2.45) is 0 Å². The fourth-order valence-electron chi connectivity index (χ4n) is 2.18. The van der Waals surface area contributed by atoms with E-state index < -0.39 is 0 Å². The highest BCUT2D eigenvalue weighted by Crippen LogP contribution is 2.30. The minimum absolute atomic E-state index is 0.0954. The van der Waals surface area contributed by atoms with Gasteiger partial charge in [-0.25, -0.2) is 4.98 Å². The maximum Gasteiger partial charge on any atom is 0.222 e. The van der Waals surface area contributed by atoms with Crippen molar-refractivity contribution in [3.05, 3.63) is 52.3 Å². The summed E-state index contributed by atoms with van der Waals surface area (Å²) in [7, 11) is 3.49. The molecular weight excluding hydrogens is 326 g/mol. The zero-order valence-corrected chi connectivity index (χ0v) is 14.6. The molecule has 0 aliphatic rings. The molecule has 24 heavy (non-hydrogen) atoms. The molecule has 5 nitrogen and oxygen atoms in total. The second-order valence-electron chi connectivity index (χ2n) is 5.58. The normalized spacial score (nSPS) is 10.1. The molecule has 0 spiro atoms. The number of halogens is 1. The Morgan fingerprint density at radius 1 is 1.33 bits per heavy atom. The molecule has 124 valence electrons. The molecule has 0 radical (unpaired) electrons. The molecule has 0 bridgehead atoms. The number of hydrogen-bond acceptors (Lipinski definition) is 4. The SMILES string of the molecule is Cc1cc(CCC(=O)N(C)C)ccc1Oc1ccnc(Cl)c1C#N. The molecule has 1 aromatic heterocycles. The molecule has 0 saturated carbocycles. The van der Waals surface area contributed by atoms with E-state index in [0.717, 1.165) is 11.1 Å². The van der Waals surface area contributed by atoms with Crippen LogP contribution in [0.4, 0.5) is 0 Å². The van der Waals surface area contributed by atoms with E-state index in [0.29, 0.717) is 24.3 Å². The summed E-state index contributed by atoms with van der Waals surface area (Å²) in [6.45, 7) is 1.92. The van der Waals surface area contributed by atoms with Gasteiger partial charge in [0.1, 0.15) is 23.1 Å². The number of nitriles is 1. The van der Waals surface area contributed by atoms with E-state index in [9.17, 15) is 4.79 Å². The van der Waals surface area contributed by atoms with Crippen molar-refractivity contribution in [1.82, 2.24) is 9.88 Å². The van der Waals surface area contributed by atoms with E-state index in [4.69, 9.17) is 21.6 Å². The number of carbonyl (C=O) groups excluding carboxylic acids is 1. The minimum Gasteiger partial charge on any atom is -0.456 e. The number of pyridine rings is 1. The largest absolute Gasteiger partial charge is 0.456 e. The Balaban J connectivity index is 2.15. The summed E-state index contributed by atoms with van der Waals surface area (Å²) >= 11 is 5.91. The van der Waals surface area contributed by atoms with Gasteiger partial charge >= 0.3 is 0 Å². The van der Waals surface area contributed by atoms with E-state index in [-0.39, 0.29) is 16.6 Å². The van der Waals surface area contributed by atoms with Crippen LogP contribution in [0.1, 0.15) is 23.1 Å². The zero-order chi connectivity index (χ0) is 17.7. The van der Waals surface area contributed by atoms with Crippen molar-refractivity contribution in [1.29, 1.82) is 5.26 Å². The van der Waals surface area contributed by atoms with Crippen LogP contribution in [0.15, 0.2) is 30.5 Å². The van der Waals surface area contributed by atoms with Crippen LogP contribution in [-0.4, -0.2) is 29.9 Å². The highest BCUT2D eigenvalue weighted by molar-refractivity contribution is 6.30. The smallest absolute Gasteiger partial charge is 0.222 e. The van der Waals surface area contributed by atoms with Crippen LogP contribution in [0.3, 0.4) is 0 Å². The summed E-state index contributed by atoms with van der Waals surface area (Å²) in [5, 5.41) is 9.28. The fraction of sp³-hybridized carbons (Fsp3) is 0.278. The van der Waals surface area contributed by atoms with Crippen molar-refractivity contribution in [3.8, 4) is 17.6 Å². The van der Waals surface area contributed by atoms with Crippen LogP contribution in [0, 0.1) is 18.3 Å². The summed E-state index contributed by atoms with van der Waals surface area (Å²) in [5.41, 5.74) is 2.18. The van der Waals surface area contributed by atoms with E-state index in [1.165, 1.54) is 6.20 Å². The number of benzene rings is 1. The van der Waals surface area contributed by atoms with Crippen molar-refractivity contribution in [2.45, 2.75) is 19.8 Å². The van der Waals surface area contributed by atoms with Crippen molar-refractivity contribution in [2.75, 3.05) is 14.1 Å². The van der Waals surface area contributed by atoms with Crippen LogP contribution >= 0.6 is 11.6 Å². The monoisotopic (exact) mass is 343 g/mol. The topological polar surface area (TPSA) is 66.2 Å². The zero-order valence-electron chi connectivity index (χ0n) is 13.8. The number of aromatic nitrogens is 1. The molecule has 6 heteroatoms. The van der Waals surface area contributed by atoms with Gasteiger partial charge in [0.25, 0.3) is 0 Å². The Hall–Kier alpha value is -2.58. The molecular formula is C18H18ClN3O2. The van der Waals surface area contributed by atoms with E-state index in [1.807, 2.05) is 31.2 Å². The van der Waals surface area contributed by atoms with Gasteiger partial charge in [-0.15, -0.1) is 0 Å². The molecule has 0 saturated heterocycles. The number of aryl methyl sites for hydroxylation is 2. The maximum atomic E-state index is 11.7. The fourth-order valence-corrected chi connectivity index (χ4v) is 2.37. The average Bonchev–Trinajstić information content (AvgIpc) is 2.55. The molecule has 2 rings (SSSR count). The van der Waals surface area contributed by atoms with Gasteiger partial charge in [0.05, 0.1) is 0 Å². The lowest BCUT2D eigenvalue weighted by molar-refractivity contribution is -0.128. The molecule has 0 aliphatic heterocycles. The quantitative estimate of drug-likeness (QED) is 0.776. The number of ether oxygens (including phenoxy) is 1. The lowest BCUT2D eigenvalue weighted by Crippen LogP contribution is -2.21. The highest BCUT2D eigenvalue weighted by Gasteiger charge is 2.12. The maximum absolute atomic E-state index is 11.7. The second kappa shape index (κ2) is 7.80. The number of carbonyl (C=O) groups is 1. The third-order valence-electron chi connectivity index (χ3n) is 3.56. The second-order valence-corrected chi connectivity index (χ2v) is 5.93. The summed E-state index contributed by atoms with van der Waals surface area (Å²) < 4.78 is 5.81. The summed E-state index contributed by atoms with van der Waals surface area (Å²) in [6.07, 6.45) is 2.63. The molecule has 0 fully saturated rings. The van der Waals surface area contributed by atoms with Crippen LogP contribution in [0.25, 0.3) is 0 Å². The number of amides is 1. The molecule has 0 unspecified atom stereocenters. The number of rotatable bonds is 5. The first kappa shape index (κ1) is 17.8. The van der Waals surface area contributed by atoms with E-state index in [2.05, 4.69) is 4.98 Å². The Morgan fingerprint density at radius 2 is 2.08 bits per heavy atom. The van der Waals surface area contributed by atoms with Crippen molar-refractivity contribution in [3.63, 3.8) is 0 Å². The molecule has 1 aromatic carbocycles. The van der Waals surface area contributed by atoms with Gasteiger partial charge in [-0.1, -0.05) is 23.7 Å². The van der Waals surface area contributed by atoms with Crippen LogP contribution in [0.2, 0.25) is 5.15 Å². The predicted octanol–water partition coefficient (Wildman–Crippen LogP) is 3.73. The Bertz CT molecular complexity index is 797. The molecule has 1 heterocycles. The van der Waals surface area contributed by atoms with E-state index >= 15 is 0 Å². The lowest BCUT2D eigenvalue weighted by atomic mass is 10.1. The van der Waals surface area contributed by atoms with E-state index in [1.54, 1.807) is 25.1 Å². The van der Waals surface area contributed by atoms with Gasteiger partial charge in [0, 0.05) is 32.8 Å². The van der Waals surface area contributed by atoms with Gasteiger partial charge in [0.15, 0.2) is 5.15 Å². The van der Waals surface area contributed by atoms with Crippen LogP contribution < -0.4 is 4.74 Å². The highest BCUT2D eigenvalue weighted by atomic mass is 35.5. The first-order valence-electron chi connectivity index (χ1n) is 7.44. The summed E-state index contributed by atoms with van der Waals surface area (Å²) in [6, 6.07) is 9.33. The first-order valence-corrected chi connectivity index (χ1v) is 7.82. The first-order chi connectivity index (χ1) is 11.4. The summed E-state index contributed by atoms with van der Waals surface area (Å²) in [4.78, 5) is 17.1. The average molecular weight is 344 g/mol. The third-order valence-corrected chi connectivity index (χ3v) is 3.85. The Morgan fingerprint density at radius 3 is 2.71 bits per heavy atom. The number of nitrogens with zero attached hydrogens (tertiary/aromatic N) is 3. The molecule has 0 aliphatic carbocycles. The number of hydrogen-bond donors (Lipinski definition) is 0. The molecule has 0 N–H and O–H groups in total. The predicted molar refractivity (Wildman–Crippen MR) is 92.2 cm³/mol. The van der Waals surface area contributed by atoms with Gasteiger partial charge in [-0.05, 0) is 30.5 Å². The molecule has 1 amide bonds. The lowest BCUT2D eigenvalue weighted by Gasteiger charge is -2.13. The Labute approximate surface area is 146 Å². The van der Waals surface area contributed by atoms with Crippen LogP contribution in [-0.2, 0) is 11.2 Å². The minimum atomic E-state index is 0.0954. The third kappa shape index (κ3) is 4.24. The van der Waals surface area contributed by atoms with Gasteiger partial charge in [-0.3, -0.25) is 4.79 Å².